The van der Waals surface area contributed by atoms with E-state index in [1.54, 1.807) is 24.3 Å². The Morgan fingerprint density at radius 2 is 0.940 bits per heavy atom. The van der Waals surface area contributed by atoms with E-state index in [1.165, 1.54) is 6.07 Å². The summed E-state index contributed by atoms with van der Waals surface area (Å²) < 4.78 is 25.8. The molecule has 6 N–H and O–H groups in total. The number of H-pyrrole nitrogens is 1. The number of hydrogen-bond acceptors (Lipinski definition) is 7. The number of halogens is 1. The molecule has 0 saturated heterocycles. The van der Waals surface area contributed by atoms with Crippen LogP contribution in [0.3, 0.4) is 0 Å². The van der Waals surface area contributed by atoms with Gasteiger partial charge in [-0.1, -0.05) is 129 Å². The number of para-hydroxylation sites is 1. The molecule has 0 radical (unpaired) electrons. The average molecular weight is 908 g/mol. The first-order chi connectivity index (χ1) is 31.1. The van der Waals surface area contributed by atoms with Gasteiger partial charge in [-0.25, -0.2) is 14.0 Å². The van der Waals surface area contributed by atoms with Gasteiger partial charge in [0.15, 0.2) is 5.43 Å². The lowest BCUT2D eigenvalue weighted by molar-refractivity contribution is 0.0907. The summed E-state index contributed by atoms with van der Waals surface area (Å²) in [5, 5.41) is 9.34. The largest absolute Gasteiger partial charge is 0.445 e. The van der Waals surface area contributed by atoms with E-state index in [1.807, 2.05) is 165 Å². The smallest absolute Gasteiger partial charge is 0.408 e. The molecule has 1 heterocycles. The van der Waals surface area contributed by atoms with Crippen LogP contribution in [0.5, 0.6) is 0 Å². The van der Waals surface area contributed by atoms with Crippen LogP contribution in [0.4, 0.5) is 14.0 Å². The van der Waals surface area contributed by atoms with Gasteiger partial charge in [0.2, 0.25) is 0 Å². The first kappa shape index (κ1) is 50.7. The molecule has 7 aromatic rings. The van der Waals surface area contributed by atoms with E-state index in [0.29, 0.717) is 16.4 Å². The molecule has 0 saturated carbocycles. The summed E-state index contributed by atoms with van der Waals surface area (Å²) in [5.74, 6) is -1.39. The summed E-state index contributed by atoms with van der Waals surface area (Å²) >= 11 is 0. The van der Waals surface area contributed by atoms with Crippen molar-refractivity contribution < 1.29 is 28.2 Å². The Morgan fingerprint density at radius 3 is 1.39 bits per heavy atom. The fourth-order valence-corrected chi connectivity index (χ4v) is 7.34. The van der Waals surface area contributed by atoms with Crippen LogP contribution < -0.4 is 27.1 Å². The molecule has 0 aliphatic rings. The van der Waals surface area contributed by atoms with Crippen LogP contribution in [0.25, 0.3) is 21.8 Å². The monoisotopic (exact) mass is 907 g/mol. The molecule has 6 aromatic carbocycles. The van der Waals surface area contributed by atoms with Crippen LogP contribution in [0, 0.1) is 5.82 Å². The van der Waals surface area contributed by atoms with Crippen LogP contribution in [-0.2, 0) is 44.8 Å². The van der Waals surface area contributed by atoms with Crippen molar-refractivity contribution in [3.63, 3.8) is 0 Å². The van der Waals surface area contributed by atoms with Crippen molar-refractivity contribution in [3.05, 3.63) is 201 Å². The molecule has 0 aliphatic heterocycles. The first-order valence-electron chi connectivity index (χ1n) is 21.7. The van der Waals surface area contributed by atoms with Crippen molar-refractivity contribution in [3.8, 4) is 0 Å². The van der Waals surface area contributed by atoms with Gasteiger partial charge in [0.1, 0.15) is 19.0 Å². The van der Waals surface area contributed by atoms with Crippen molar-refractivity contribution in [1.29, 1.82) is 0 Å². The maximum atomic E-state index is 15.1. The van der Waals surface area contributed by atoms with Crippen molar-refractivity contribution >= 4 is 39.9 Å². The Labute approximate surface area is 392 Å². The van der Waals surface area contributed by atoms with Gasteiger partial charge in [-0.05, 0) is 113 Å². The molecule has 0 atom stereocenters. The van der Waals surface area contributed by atoms with Gasteiger partial charge in [0.25, 0.3) is 5.91 Å². The number of nitrogens with one attached hydrogen (secondary N) is 4. The molecule has 0 unspecified atom stereocenters. The molecular weight excluding hydrogens is 846 g/mol. The predicted octanol–water partition coefficient (Wildman–Crippen LogP) is 11.3. The van der Waals surface area contributed by atoms with Crippen LogP contribution >= 0.6 is 0 Å². The number of rotatable bonds is 12. The summed E-state index contributed by atoms with van der Waals surface area (Å²) in [6, 6.07) is 43.9. The Bertz CT molecular complexity index is 2870. The molecule has 0 spiro atoms. The molecule has 3 amide bonds. The van der Waals surface area contributed by atoms with Gasteiger partial charge < -0.3 is 36.1 Å². The second-order valence-corrected chi connectivity index (χ2v) is 18.5. The van der Waals surface area contributed by atoms with Crippen LogP contribution in [0.15, 0.2) is 150 Å². The zero-order valence-corrected chi connectivity index (χ0v) is 38.7. The number of alkyl carbamates (subject to hydrolysis) is 2. The van der Waals surface area contributed by atoms with Gasteiger partial charge in [-0.2, -0.15) is 0 Å². The number of carbonyl (C=O) groups is 3. The summed E-state index contributed by atoms with van der Waals surface area (Å²) in [5.41, 5.74) is 9.62. The topological polar surface area (TPSA) is 165 Å². The highest BCUT2D eigenvalue weighted by Crippen LogP contribution is 2.28. The molecular formula is C55H62FN5O6. The van der Waals surface area contributed by atoms with Gasteiger partial charge in [-0.15, -0.1) is 0 Å². The summed E-state index contributed by atoms with van der Waals surface area (Å²) in [4.78, 5) is 53.8. The van der Waals surface area contributed by atoms with Gasteiger partial charge in [0.05, 0.1) is 27.7 Å². The molecule has 7 rings (SSSR count). The van der Waals surface area contributed by atoms with E-state index in [2.05, 4.69) is 20.9 Å². The fraction of sp³-hybridized carbons (Fsp3) is 0.273. The fourth-order valence-electron chi connectivity index (χ4n) is 7.34. The van der Waals surface area contributed by atoms with Crippen LogP contribution in [0.1, 0.15) is 107 Å². The average Bonchev–Trinajstić information content (AvgIpc) is 3.28. The highest BCUT2D eigenvalue weighted by Gasteiger charge is 2.29. The van der Waals surface area contributed by atoms with Crippen molar-refractivity contribution in [2.24, 2.45) is 5.73 Å². The SMILES string of the molecule is C.CC(C)(N)c1ccc(C(C)(C)NC(=O)OCc2ccccc2)cc1.CC(C)(NC(=O)OCc1ccccc1)c1ccc(C(C)(C)NC(=O)c2cc3[nH]c4ccccc4c(=O)c3cc2F)cc1. The minimum Gasteiger partial charge on any atom is -0.445 e. The van der Waals surface area contributed by atoms with Gasteiger partial charge >= 0.3 is 12.2 Å². The minimum absolute atomic E-state index is 0. The maximum Gasteiger partial charge on any atom is 0.408 e. The lowest BCUT2D eigenvalue weighted by atomic mass is 9.88. The third kappa shape index (κ3) is 12.9. The predicted molar refractivity (Wildman–Crippen MR) is 265 cm³/mol. The van der Waals surface area contributed by atoms with E-state index in [4.69, 9.17) is 15.2 Å². The molecule has 350 valence electrons. The number of aromatic nitrogens is 1. The second kappa shape index (κ2) is 20.9. The zero-order chi connectivity index (χ0) is 47.9. The number of fused-ring (bicyclic) bond motifs is 2. The number of hydrogen-bond donors (Lipinski definition) is 5. The zero-order valence-electron chi connectivity index (χ0n) is 38.7. The van der Waals surface area contributed by atoms with Crippen molar-refractivity contribution in [1.82, 2.24) is 20.9 Å². The van der Waals surface area contributed by atoms with Crippen molar-refractivity contribution in [2.45, 2.75) is 98.2 Å². The van der Waals surface area contributed by atoms with E-state index in [-0.39, 0.29) is 42.6 Å². The van der Waals surface area contributed by atoms with Gasteiger partial charge in [-0.3, -0.25) is 9.59 Å². The van der Waals surface area contributed by atoms with E-state index in [9.17, 15) is 19.2 Å². The molecule has 0 fully saturated rings. The molecule has 1 aromatic heterocycles. The highest BCUT2D eigenvalue weighted by atomic mass is 19.1. The summed E-state index contributed by atoms with van der Waals surface area (Å²) in [7, 11) is 0. The quantitative estimate of drug-likeness (QED) is 0.0762. The summed E-state index contributed by atoms with van der Waals surface area (Å²) in [6.07, 6.45) is -0.973. The third-order valence-corrected chi connectivity index (χ3v) is 11.4. The first-order valence-corrected chi connectivity index (χ1v) is 21.7. The Balaban J connectivity index is 0.000000287. The molecule has 11 nitrogen and oxygen atoms in total. The van der Waals surface area contributed by atoms with Crippen molar-refractivity contribution in [2.75, 3.05) is 0 Å². The number of pyridine rings is 1. The molecule has 12 heteroatoms. The molecule has 0 aliphatic carbocycles. The van der Waals surface area contributed by atoms with E-state index < -0.39 is 40.5 Å². The third-order valence-electron chi connectivity index (χ3n) is 11.4. The van der Waals surface area contributed by atoms with E-state index in [0.717, 1.165) is 39.4 Å². The highest BCUT2D eigenvalue weighted by molar-refractivity contribution is 6.00. The number of carbonyl (C=O) groups excluding carboxylic acids is 3. The minimum atomic E-state index is -0.861. The lowest BCUT2D eigenvalue weighted by Crippen LogP contribution is -2.42. The molecule has 67 heavy (non-hydrogen) atoms. The lowest BCUT2D eigenvalue weighted by Gasteiger charge is -2.30. The standard InChI is InChI=1S/C34H32FN3O4.C20H26N2O2.CH4/c1-33(2,22-14-16-23(17-15-22)34(3,4)38-32(41)42-20-21-10-6-5-7-11-21)37-31(40)25-19-29-26(18-27(25)35)30(39)24-12-8-9-13-28(24)36-29;1-19(2,21)16-10-12-17(13-11-16)20(3,4)22-18(23)24-14-15-8-6-5-7-9-15;/h5-19H,20H2,1-4H3,(H,36,39)(H,37,40)(H,38,41);5-13H,14,21H2,1-4H3,(H,22,23);1H4. The number of benzene rings is 6. The Morgan fingerprint density at radius 1 is 0.537 bits per heavy atom. The number of ether oxygens (including phenoxy) is 2. The number of aromatic amines is 1. The van der Waals surface area contributed by atoms with Crippen LogP contribution in [0.2, 0.25) is 0 Å². The number of amides is 3. The van der Waals surface area contributed by atoms with E-state index >= 15 is 4.39 Å². The second-order valence-electron chi connectivity index (χ2n) is 18.5. The van der Waals surface area contributed by atoms with Crippen LogP contribution in [-0.4, -0.2) is 23.1 Å². The Kier molecular flexibility index (Phi) is 15.8. The summed E-state index contributed by atoms with van der Waals surface area (Å²) in [6.45, 7) is 15.6. The molecule has 0 bridgehead atoms. The normalized spacial score (nSPS) is 11.7. The maximum absolute atomic E-state index is 15.1. The number of nitrogens with two attached hydrogens (primary N) is 1. The van der Waals surface area contributed by atoms with Gasteiger partial charge in [0, 0.05) is 21.8 Å². The Hall–Kier alpha value is -7.31.